The number of fused-ring (bicyclic) bond motifs is 1. The molecule has 3 heterocycles. The second kappa shape index (κ2) is 7.15. The van der Waals surface area contributed by atoms with Gasteiger partial charge in [0.15, 0.2) is 0 Å². The Bertz CT molecular complexity index is 561. The summed E-state index contributed by atoms with van der Waals surface area (Å²) in [6.45, 7) is 2.68. The summed E-state index contributed by atoms with van der Waals surface area (Å²) in [5.41, 5.74) is 0. The van der Waals surface area contributed by atoms with Crippen molar-refractivity contribution in [3.05, 3.63) is 24.3 Å². The van der Waals surface area contributed by atoms with Crippen LogP contribution < -0.4 is 5.32 Å². The molecule has 0 unspecified atom stereocenters. The number of aromatic nitrogens is 2. The van der Waals surface area contributed by atoms with Gasteiger partial charge < -0.3 is 10.1 Å². The summed E-state index contributed by atoms with van der Waals surface area (Å²) < 4.78 is 6.04. The maximum Gasteiger partial charge on any atom is 0.249 e. The van der Waals surface area contributed by atoms with Crippen LogP contribution >= 0.6 is 0 Å². The quantitative estimate of drug-likeness (QED) is 0.886. The molecule has 1 saturated carbocycles. The topological polar surface area (TPSA) is 67.4 Å². The molecule has 0 aromatic carbocycles. The fourth-order valence-corrected chi connectivity index (χ4v) is 4.45. The minimum Gasteiger partial charge on any atom is -0.363 e. The summed E-state index contributed by atoms with van der Waals surface area (Å²) in [6.07, 6.45) is 10.7. The summed E-state index contributed by atoms with van der Waals surface area (Å²) in [5, 5.41) is 2.91. The molecule has 0 radical (unpaired) electrons. The van der Waals surface area contributed by atoms with E-state index in [0.29, 0.717) is 18.4 Å². The number of carbonyl (C=O) groups is 1. The average molecular weight is 330 g/mol. The van der Waals surface area contributed by atoms with E-state index in [0.717, 1.165) is 25.3 Å². The van der Waals surface area contributed by atoms with Gasteiger partial charge in [-0.05, 0) is 31.2 Å². The van der Waals surface area contributed by atoms with E-state index < -0.39 is 0 Å². The van der Waals surface area contributed by atoms with Crippen molar-refractivity contribution in [1.82, 2.24) is 20.2 Å². The molecule has 6 heteroatoms. The number of nitrogens with zero attached hydrogens (tertiary/aromatic N) is 3. The van der Waals surface area contributed by atoms with Crippen LogP contribution in [0.1, 0.15) is 44.3 Å². The fourth-order valence-electron chi connectivity index (χ4n) is 4.45. The maximum atomic E-state index is 12.4. The smallest absolute Gasteiger partial charge is 0.249 e. The molecule has 4 rings (SSSR count). The number of likely N-dealkylation sites (tertiary alicyclic amines) is 1. The van der Waals surface area contributed by atoms with Crippen LogP contribution in [0.5, 0.6) is 0 Å². The number of carbonyl (C=O) groups excluding carboxylic acids is 1. The van der Waals surface area contributed by atoms with Crippen LogP contribution in [0.15, 0.2) is 18.5 Å². The molecule has 0 bridgehead atoms. The van der Waals surface area contributed by atoms with Gasteiger partial charge >= 0.3 is 0 Å². The summed E-state index contributed by atoms with van der Waals surface area (Å²) >= 11 is 0. The van der Waals surface area contributed by atoms with Gasteiger partial charge in [0.2, 0.25) is 5.91 Å². The molecule has 1 N–H and O–H groups in total. The summed E-state index contributed by atoms with van der Waals surface area (Å²) in [6, 6.07) is 2.19. The molecule has 3 atom stereocenters. The Hall–Kier alpha value is -1.53. The maximum absolute atomic E-state index is 12.4. The summed E-state index contributed by atoms with van der Waals surface area (Å²) in [5.74, 6) is 1.46. The third-order valence-corrected chi connectivity index (χ3v) is 5.69. The van der Waals surface area contributed by atoms with E-state index in [2.05, 4.69) is 20.2 Å². The highest BCUT2D eigenvalue weighted by Gasteiger charge is 2.45. The molecule has 1 aliphatic carbocycles. The highest BCUT2D eigenvalue weighted by molar-refractivity contribution is 5.81. The lowest BCUT2D eigenvalue weighted by atomic mass is 10.0. The molecule has 1 amide bonds. The van der Waals surface area contributed by atoms with Gasteiger partial charge in [-0.1, -0.05) is 12.8 Å². The SMILES string of the molecule is O=C(NCc1ncccn1)[C@@H]1C[C@@H]2[C@@H](CCN2CC2CCCC2)O1. The van der Waals surface area contributed by atoms with Crippen molar-refractivity contribution >= 4 is 5.91 Å². The minimum atomic E-state index is -0.324. The number of hydrogen-bond donors (Lipinski definition) is 1. The first-order valence-electron chi connectivity index (χ1n) is 9.23. The van der Waals surface area contributed by atoms with Gasteiger partial charge in [0.05, 0.1) is 12.6 Å². The van der Waals surface area contributed by atoms with Crippen LogP contribution in [0, 0.1) is 5.92 Å². The van der Waals surface area contributed by atoms with Gasteiger partial charge in [-0.15, -0.1) is 0 Å². The molecule has 1 aromatic rings. The first kappa shape index (κ1) is 16.0. The summed E-state index contributed by atoms with van der Waals surface area (Å²) in [4.78, 5) is 23.2. The standard InChI is InChI=1S/C18H26N4O2/c23-18(21-11-17-19-7-3-8-20-17)16-10-14-15(24-16)6-9-22(14)12-13-4-1-2-5-13/h3,7-8,13-16H,1-2,4-6,9-12H2,(H,21,23)/t14-,15-,16+/m1/s1. The van der Waals surface area contributed by atoms with Crippen molar-refractivity contribution < 1.29 is 9.53 Å². The number of hydrogen-bond acceptors (Lipinski definition) is 5. The van der Waals surface area contributed by atoms with Crippen LogP contribution in [0.3, 0.4) is 0 Å². The Morgan fingerprint density at radius 1 is 1.25 bits per heavy atom. The molecular weight excluding hydrogens is 304 g/mol. The van der Waals surface area contributed by atoms with Gasteiger partial charge in [-0.2, -0.15) is 0 Å². The molecular formula is C18H26N4O2. The lowest BCUT2D eigenvalue weighted by Gasteiger charge is -2.25. The second-order valence-electron chi connectivity index (χ2n) is 7.28. The van der Waals surface area contributed by atoms with E-state index in [9.17, 15) is 4.79 Å². The van der Waals surface area contributed by atoms with Crippen LogP contribution in [0.2, 0.25) is 0 Å². The Morgan fingerprint density at radius 3 is 2.83 bits per heavy atom. The van der Waals surface area contributed by atoms with Gasteiger partial charge in [0, 0.05) is 37.9 Å². The minimum absolute atomic E-state index is 0.0299. The number of amides is 1. The van der Waals surface area contributed by atoms with E-state index >= 15 is 0 Å². The largest absolute Gasteiger partial charge is 0.363 e. The highest BCUT2D eigenvalue weighted by Crippen LogP contribution is 2.35. The van der Waals surface area contributed by atoms with Gasteiger partial charge in [0.25, 0.3) is 0 Å². The van der Waals surface area contributed by atoms with Crippen molar-refractivity contribution in [1.29, 1.82) is 0 Å². The Kier molecular flexibility index (Phi) is 4.76. The van der Waals surface area contributed by atoms with Crippen molar-refractivity contribution in [2.24, 2.45) is 5.92 Å². The zero-order chi connectivity index (χ0) is 16.4. The van der Waals surface area contributed by atoms with Crippen LogP contribution in [0.4, 0.5) is 0 Å². The number of ether oxygens (including phenoxy) is 1. The van der Waals surface area contributed by atoms with E-state index in [1.54, 1.807) is 18.5 Å². The molecule has 24 heavy (non-hydrogen) atoms. The molecule has 130 valence electrons. The third-order valence-electron chi connectivity index (χ3n) is 5.69. The predicted octanol–water partition coefficient (Wildman–Crippen LogP) is 1.51. The van der Waals surface area contributed by atoms with E-state index in [1.165, 1.54) is 32.2 Å². The molecule has 2 saturated heterocycles. The third kappa shape index (κ3) is 3.44. The van der Waals surface area contributed by atoms with Gasteiger partial charge in [-0.25, -0.2) is 9.97 Å². The highest BCUT2D eigenvalue weighted by atomic mass is 16.5. The normalized spacial score (nSPS) is 30.6. The van der Waals surface area contributed by atoms with Crippen LogP contribution in [-0.2, 0) is 16.1 Å². The molecule has 1 aromatic heterocycles. The first-order valence-corrected chi connectivity index (χ1v) is 9.23. The Morgan fingerprint density at radius 2 is 2.04 bits per heavy atom. The molecule has 6 nitrogen and oxygen atoms in total. The number of rotatable bonds is 5. The zero-order valence-electron chi connectivity index (χ0n) is 14.1. The average Bonchev–Trinajstić information content (AvgIpc) is 3.32. The fraction of sp³-hybridized carbons (Fsp3) is 0.722. The van der Waals surface area contributed by atoms with Crippen molar-refractivity contribution in [2.75, 3.05) is 13.1 Å². The van der Waals surface area contributed by atoms with E-state index in [-0.39, 0.29) is 18.1 Å². The van der Waals surface area contributed by atoms with Gasteiger partial charge in [-0.3, -0.25) is 9.69 Å². The molecule has 0 spiro atoms. The molecule has 2 aliphatic heterocycles. The van der Waals surface area contributed by atoms with Gasteiger partial charge in [0.1, 0.15) is 11.9 Å². The zero-order valence-corrected chi connectivity index (χ0v) is 14.1. The van der Waals surface area contributed by atoms with Crippen LogP contribution in [-0.4, -0.2) is 52.1 Å². The monoisotopic (exact) mass is 330 g/mol. The molecule has 3 aliphatic rings. The second-order valence-corrected chi connectivity index (χ2v) is 7.28. The first-order chi connectivity index (χ1) is 11.8. The van der Waals surface area contributed by atoms with Crippen LogP contribution in [0.25, 0.3) is 0 Å². The van der Waals surface area contributed by atoms with Crippen molar-refractivity contribution in [3.8, 4) is 0 Å². The molecule has 3 fully saturated rings. The van der Waals surface area contributed by atoms with E-state index in [1.807, 2.05) is 0 Å². The lowest BCUT2D eigenvalue weighted by Crippen LogP contribution is -2.38. The number of nitrogens with one attached hydrogen (secondary N) is 1. The Balaban J connectivity index is 1.28. The summed E-state index contributed by atoms with van der Waals surface area (Å²) in [7, 11) is 0. The van der Waals surface area contributed by atoms with E-state index in [4.69, 9.17) is 4.74 Å². The predicted molar refractivity (Wildman–Crippen MR) is 89.1 cm³/mol. The van der Waals surface area contributed by atoms with Crippen molar-refractivity contribution in [3.63, 3.8) is 0 Å². The van der Waals surface area contributed by atoms with Crippen molar-refractivity contribution in [2.45, 2.75) is 63.3 Å². The Labute approximate surface area is 143 Å². The lowest BCUT2D eigenvalue weighted by molar-refractivity contribution is -0.132.